The number of rotatable bonds is 2. The SMILES string of the molecule is Cc1cc(B(O)O)nn1C1CCN(C(=O)OC(C)(C)C)C(C)(C)C1. The van der Waals surface area contributed by atoms with Crippen LogP contribution in [0.3, 0.4) is 0 Å². The second kappa shape index (κ2) is 6.40. The van der Waals surface area contributed by atoms with Crippen molar-refractivity contribution in [3.8, 4) is 0 Å². The molecule has 0 spiro atoms. The number of aryl methyl sites for hydroxylation is 1. The molecule has 1 atom stereocenters. The van der Waals surface area contributed by atoms with Crippen LogP contribution in [-0.4, -0.2) is 55.6 Å². The Hall–Kier alpha value is -1.54. The van der Waals surface area contributed by atoms with Crippen molar-refractivity contribution in [2.45, 2.75) is 71.6 Å². The molecule has 0 radical (unpaired) electrons. The fourth-order valence-electron chi connectivity index (χ4n) is 3.24. The van der Waals surface area contributed by atoms with Crippen molar-refractivity contribution in [1.82, 2.24) is 14.7 Å². The number of hydrogen-bond acceptors (Lipinski definition) is 5. The molecule has 2 heterocycles. The fourth-order valence-corrected chi connectivity index (χ4v) is 3.24. The van der Waals surface area contributed by atoms with Gasteiger partial charge in [-0.15, -0.1) is 0 Å². The molecule has 1 aromatic heterocycles. The van der Waals surface area contributed by atoms with Crippen LogP contribution in [0.2, 0.25) is 0 Å². The Morgan fingerprint density at radius 2 is 2.04 bits per heavy atom. The van der Waals surface area contributed by atoms with E-state index in [4.69, 9.17) is 4.74 Å². The number of nitrogens with zero attached hydrogens (tertiary/aromatic N) is 3. The summed E-state index contributed by atoms with van der Waals surface area (Å²) in [6.45, 7) is 12.1. The van der Waals surface area contributed by atoms with Crippen LogP contribution in [0.25, 0.3) is 0 Å². The lowest BCUT2D eigenvalue weighted by atomic mass is 9.86. The molecule has 134 valence electrons. The molecule has 1 unspecified atom stereocenters. The lowest BCUT2D eigenvalue weighted by Gasteiger charge is -2.45. The van der Waals surface area contributed by atoms with E-state index in [9.17, 15) is 14.8 Å². The molecule has 1 saturated heterocycles. The van der Waals surface area contributed by atoms with E-state index in [0.29, 0.717) is 6.54 Å². The van der Waals surface area contributed by atoms with Gasteiger partial charge in [-0.2, -0.15) is 5.10 Å². The maximum atomic E-state index is 12.4. The molecule has 1 amide bonds. The van der Waals surface area contributed by atoms with Crippen LogP contribution in [-0.2, 0) is 4.74 Å². The highest BCUT2D eigenvalue weighted by molar-refractivity contribution is 6.57. The van der Waals surface area contributed by atoms with Crippen molar-refractivity contribution in [3.05, 3.63) is 11.8 Å². The number of carbonyl (C=O) groups excluding carboxylic acids is 1. The minimum absolute atomic E-state index is 0.103. The van der Waals surface area contributed by atoms with Crippen molar-refractivity contribution >= 4 is 18.8 Å². The molecule has 24 heavy (non-hydrogen) atoms. The molecule has 0 aliphatic carbocycles. The summed E-state index contributed by atoms with van der Waals surface area (Å²) in [6, 6.07) is 1.78. The molecule has 7 nitrogen and oxygen atoms in total. The number of likely N-dealkylation sites (tertiary alicyclic amines) is 1. The van der Waals surface area contributed by atoms with E-state index in [0.717, 1.165) is 18.5 Å². The van der Waals surface area contributed by atoms with E-state index in [-0.39, 0.29) is 23.3 Å². The van der Waals surface area contributed by atoms with Gasteiger partial charge in [0.2, 0.25) is 0 Å². The largest absolute Gasteiger partial charge is 0.510 e. The van der Waals surface area contributed by atoms with Gasteiger partial charge in [0.05, 0.1) is 11.6 Å². The maximum Gasteiger partial charge on any atom is 0.510 e. The van der Waals surface area contributed by atoms with Gasteiger partial charge in [0.15, 0.2) is 0 Å². The number of carbonyl (C=O) groups is 1. The third-order valence-corrected chi connectivity index (χ3v) is 4.32. The van der Waals surface area contributed by atoms with E-state index < -0.39 is 12.7 Å². The van der Waals surface area contributed by atoms with Crippen LogP contribution in [0.15, 0.2) is 6.07 Å². The van der Waals surface area contributed by atoms with Crippen molar-refractivity contribution in [2.24, 2.45) is 0 Å². The smallest absolute Gasteiger partial charge is 0.444 e. The molecule has 1 aliphatic rings. The van der Waals surface area contributed by atoms with Gasteiger partial charge in [0.1, 0.15) is 5.60 Å². The summed E-state index contributed by atoms with van der Waals surface area (Å²) in [4.78, 5) is 14.2. The average molecular weight is 337 g/mol. The number of amides is 1. The van der Waals surface area contributed by atoms with Gasteiger partial charge in [-0.3, -0.25) is 4.68 Å². The molecule has 8 heteroatoms. The zero-order valence-corrected chi connectivity index (χ0v) is 15.4. The second-order valence-electron chi connectivity index (χ2n) is 8.12. The fraction of sp³-hybridized carbons (Fsp3) is 0.750. The number of aromatic nitrogens is 2. The number of piperidine rings is 1. The zero-order valence-electron chi connectivity index (χ0n) is 15.4. The quantitative estimate of drug-likeness (QED) is 0.793. The van der Waals surface area contributed by atoms with Crippen LogP contribution in [0, 0.1) is 6.92 Å². The Balaban J connectivity index is 2.15. The summed E-state index contributed by atoms with van der Waals surface area (Å²) < 4.78 is 7.35. The minimum atomic E-state index is -1.57. The number of hydrogen-bond donors (Lipinski definition) is 2. The van der Waals surface area contributed by atoms with Gasteiger partial charge in [-0.05, 0) is 60.5 Å². The van der Waals surface area contributed by atoms with E-state index in [1.54, 1.807) is 11.0 Å². The molecule has 2 rings (SSSR count). The van der Waals surface area contributed by atoms with Crippen LogP contribution in [0.4, 0.5) is 4.79 Å². The first kappa shape index (κ1) is 18.8. The molecular weight excluding hydrogens is 309 g/mol. The average Bonchev–Trinajstić information content (AvgIpc) is 2.77. The highest BCUT2D eigenvalue weighted by atomic mass is 16.6. The summed E-state index contributed by atoms with van der Waals surface area (Å²) in [5.74, 6) is 0. The van der Waals surface area contributed by atoms with E-state index >= 15 is 0 Å². The zero-order chi connectivity index (χ0) is 18.3. The van der Waals surface area contributed by atoms with Crippen molar-refractivity contribution in [1.29, 1.82) is 0 Å². The first-order valence-electron chi connectivity index (χ1n) is 8.33. The highest BCUT2D eigenvalue weighted by Crippen LogP contribution is 2.35. The lowest BCUT2D eigenvalue weighted by Crippen LogP contribution is -2.54. The van der Waals surface area contributed by atoms with Gasteiger partial charge >= 0.3 is 13.2 Å². The first-order chi connectivity index (χ1) is 10.9. The summed E-state index contributed by atoms with van der Waals surface area (Å²) in [7, 11) is -1.57. The molecule has 1 aromatic rings. The Bertz CT molecular complexity index is 607. The predicted octanol–water partition coefficient (Wildman–Crippen LogP) is 1.22. The van der Waals surface area contributed by atoms with Gasteiger partial charge in [0.25, 0.3) is 0 Å². The van der Waals surface area contributed by atoms with Crippen molar-refractivity contribution < 1.29 is 19.6 Å². The van der Waals surface area contributed by atoms with Crippen LogP contribution in [0.1, 0.15) is 59.2 Å². The van der Waals surface area contributed by atoms with E-state index in [1.807, 2.05) is 46.2 Å². The topological polar surface area (TPSA) is 87.8 Å². The molecule has 1 fully saturated rings. The predicted molar refractivity (Wildman–Crippen MR) is 92.1 cm³/mol. The molecule has 0 aromatic carbocycles. The lowest BCUT2D eigenvalue weighted by molar-refractivity contribution is -0.0144. The maximum absolute atomic E-state index is 12.4. The normalized spacial score (nSPS) is 20.8. The van der Waals surface area contributed by atoms with Crippen LogP contribution in [0.5, 0.6) is 0 Å². The van der Waals surface area contributed by atoms with Crippen molar-refractivity contribution in [3.63, 3.8) is 0 Å². The summed E-state index contributed by atoms with van der Waals surface area (Å²) in [5, 5.41) is 22.9. The Labute approximate surface area is 143 Å². The Morgan fingerprint density at radius 3 is 2.50 bits per heavy atom. The summed E-state index contributed by atoms with van der Waals surface area (Å²) >= 11 is 0. The number of ether oxygens (including phenoxy) is 1. The van der Waals surface area contributed by atoms with Crippen molar-refractivity contribution in [2.75, 3.05) is 6.54 Å². The van der Waals surface area contributed by atoms with Gasteiger partial charge < -0.3 is 19.7 Å². The molecule has 1 aliphatic heterocycles. The van der Waals surface area contributed by atoms with Crippen LogP contribution >= 0.6 is 0 Å². The van der Waals surface area contributed by atoms with E-state index in [2.05, 4.69) is 5.10 Å². The summed E-state index contributed by atoms with van der Waals surface area (Å²) in [6.07, 6.45) is 1.16. The first-order valence-corrected chi connectivity index (χ1v) is 8.33. The van der Waals surface area contributed by atoms with E-state index in [1.165, 1.54) is 0 Å². The highest BCUT2D eigenvalue weighted by Gasteiger charge is 2.40. The molecule has 0 saturated carbocycles. The van der Waals surface area contributed by atoms with Gasteiger partial charge in [0, 0.05) is 17.8 Å². The molecule has 2 N–H and O–H groups in total. The summed E-state index contributed by atoms with van der Waals surface area (Å²) in [5.41, 5.74) is 0.237. The van der Waals surface area contributed by atoms with Gasteiger partial charge in [-0.1, -0.05) is 0 Å². The molecular formula is C16H28BN3O4. The van der Waals surface area contributed by atoms with Gasteiger partial charge in [-0.25, -0.2) is 4.79 Å². The third kappa shape index (κ3) is 4.10. The second-order valence-corrected chi connectivity index (χ2v) is 8.12. The molecule has 0 bridgehead atoms. The van der Waals surface area contributed by atoms with Crippen LogP contribution < -0.4 is 5.59 Å². The monoisotopic (exact) mass is 337 g/mol. The Morgan fingerprint density at radius 1 is 1.42 bits per heavy atom. The minimum Gasteiger partial charge on any atom is -0.444 e. The third-order valence-electron chi connectivity index (χ3n) is 4.32. The standard InChI is InChI=1S/C16H28BN3O4/c1-11-9-13(17(22)23)18-20(11)12-7-8-19(16(5,6)10-12)14(21)24-15(2,3)4/h9,12,22-23H,7-8,10H2,1-6H3. The Kier molecular flexibility index (Phi) is 5.02.